The number of benzene rings is 1. The molecule has 0 spiro atoms. The van der Waals surface area contributed by atoms with E-state index in [-0.39, 0.29) is 12.5 Å². The van der Waals surface area contributed by atoms with E-state index in [9.17, 15) is 9.59 Å². The number of hydrogen-bond acceptors (Lipinski definition) is 3. The third-order valence-corrected chi connectivity index (χ3v) is 2.84. The van der Waals surface area contributed by atoms with Gasteiger partial charge in [0.05, 0.1) is 0 Å². The standard InChI is InChI=1S/C14H19ClN2O3/c1-9(2)6-12(13(16)18)17-14(19)20-8-10-4-3-5-11(15)7-10/h3-5,7,9,12H,6,8H2,1-2H3,(H2,16,18)(H,17,19)/t12-/m0/s1. The molecule has 0 aliphatic carbocycles. The molecular formula is C14H19ClN2O3. The van der Waals surface area contributed by atoms with Gasteiger partial charge in [-0.1, -0.05) is 37.6 Å². The van der Waals surface area contributed by atoms with Crippen molar-refractivity contribution in [2.75, 3.05) is 0 Å². The van der Waals surface area contributed by atoms with Crippen LogP contribution in [0.4, 0.5) is 4.79 Å². The van der Waals surface area contributed by atoms with E-state index < -0.39 is 18.0 Å². The largest absolute Gasteiger partial charge is 0.445 e. The van der Waals surface area contributed by atoms with Gasteiger partial charge in [0, 0.05) is 5.02 Å². The van der Waals surface area contributed by atoms with E-state index >= 15 is 0 Å². The van der Waals surface area contributed by atoms with Crippen LogP contribution in [0, 0.1) is 5.92 Å². The lowest BCUT2D eigenvalue weighted by Gasteiger charge is -2.17. The van der Waals surface area contributed by atoms with Gasteiger partial charge in [-0.3, -0.25) is 4.79 Å². The Labute approximate surface area is 123 Å². The molecule has 5 nitrogen and oxygen atoms in total. The number of alkyl carbamates (subject to hydrolysis) is 1. The van der Waals surface area contributed by atoms with E-state index in [2.05, 4.69) is 5.32 Å². The van der Waals surface area contributed by atoms with Gasteiger partial charge < -0.3 is 15.8 Å². The smallest absolute Gasteiger partial charge is 0.408 e. The molecule has 2 amide bonds. The molecule has 0 fully saturated rings. The Bertz CT molecular complexity index is 477. The Balaban J connectivity index is 2.47. The van der Waals surface area contributed by atoms with Crippen LogP contribution in [0.15, 0.2) is 24.3 Å². The van der Waals surface area contributed by atoms with Crippen LogP contribution in [0.3, 0.4) is 0 Å². The molecule has 1 rings (SSSR count). The zero-order chi connectivity index (χ0) is 15.1. The molecule has 0 saturated heterocycles. The summed E-state index contributed by atoms with van der Waals surface area (Å²) in [5.74, 6) is -0.334. The van der Waals surface area contributed by atoms with E-state index in [4.69, 9.17) is 22.1 Å². The highest BCUT2D eigenvalue weighted by Crippen LogP contribution is 2.11. The van der Waals surface area contributed by atoms with Crippen molar-refractivity contribution in [2.24, 2.45) is 11.7 Å². The van der Waals surface area contributed by atoms with Crippen LogP contribution in [0.25, 0.3) is 0 Å². The second-order valence-electron chi connectivity index (χ2n) is 4.93. The third-order valence-electron chi connectivity index (χ3n) is 2.60. The predicted molar refractivity (Wildman–Crippen MR) is 77.2 cm³/mol. The van der Waals surface area contributed by atoms with Crippen LogP contribution in [0.2, 0.25) is 5.02 Å². The van der Waals surface area contributed by atoms with Crippen LogP contribution in [-0.4, -0.2) is 18.0 Å². The number of primary amides is 1. The van der Waals surface area contributed by atoms with Crippen molar-refractivity contribution in [2.45, 2.75) is 32.9 Å². The van der Waals surface area contributed by atoms with Crippen LogP contribution in [-0.2, 0) is 16.1 Å². The molecule has 0 saturated carbocycles. The van der Waals surface area contributed by atoms with Crippen molar-refractivity contribution in [1.82, 2.24) is 5.32 Å². The normalized spacial score (nSPS) is 12.0. The number of nitrogens with one attached hydrogen (secondary N) is 1. The number of rotatable bonds is 6. The molecule has 0 heterocycles. The third kappa shape index (κ3) is 5.93. The highest BCUT2D eigenvalue weighted by molar-refractivity contribution is 6.30. The van der Waals surface area contributed by atoms with E-state index in [0.717, 1.165) is 5.56 Å². The summed E-state index contributed by atoms with van der Waals surface area (Å²) in [6.45, 7) is 3.96. The number of halogens is 1. The Hall–Kier alpha value is -1.75. The molecule has 20 heavy (non-hydrogen) atoms. The average molecular weight is 299 g/mol. The summed E-state index contributed by atoms with van der Waals surface area (Å²) in [4.78, 5) is 22.8. The summed E-state index contributed by atoms with van der Waals surface area (Å²) in [5, 5.41) is 3.03. The van der Waals surface area contributed by atoms with Crippen molar-refractivity contribution < 1.29 is 14.3 Å². The highest BCUT2D eigenvalue weighted by Gasteiger charge is 2.19. The average Bonchev–Trinajstić information content (AvgIpc) is 2.35. The first-order chi connectivity index (χ1) is 9.38. The van der Waals surface area contributed by atoms with Crippen molar-refractivity contribution in [3.8, 4) is 0 Å². The van der Waals surface area contributed by atoms with Gasteiger partial charge in [0.2, 0.25) is 5.91 Å². The maximum absolute atomic E-state index is 11.6. The SMILES string of the molecule is CC(C)C[C@H](NC(=O)OCc1cccc(Cl)c1)C(N)=O. The Kier molecular flexibility index (Phi) is 6.31. The van der Waals surface area contributed by atoms with Crippen molar-refractivity contribution >= 4 is 23.6 Å². The zero-order valence-electron chi connectivity index (χ0n) is 11.6. The van der Waals surface area contributed by atoms with E-state index in [1.807, 2.05) is 13.8 Å². The lowest BCUT2D eigenvalue weighted by atomic mass is 10.0. The van der Waals surface area contributed by atoms with Gasteiger partial charge in [-0.2, -0.15) is 0 Å². The molecule has 1 atom stereocenters. The minimum Gasteiger partial charge on any atom is -0.445 e. The summed E-state index contributed by atoms with van der Waals surface area (Å²) in [6.07, 6.45) is -0.198. The van der Waals surface area contributed by atoms with Crippen molar-refractivity contribution in [1.29, 1.82) is 0 Å². The van der Waals surface area contributed by atoms with Crippen LogP contribution < -0.4 is 11.1 Å². The summed E-state index contributed by atoms with van der Waals surface area (Å²) in [6, 6.07) is 6.27. The number of carbonyl (C=O) groups excluding carboxylic acids is 2. The highest BCUT2D eigenvalue weighted by atomic mass is 35.5. The Morgan fingerprint density at radius 3 is 2.65 bits per heavy atom. The molecule has 0 aliphatic heterocycles. The maximum atomic E-state index is 11.6. The van der Waals surface area contributed by atoms with Crippen LogP contribution >= 0.6 is 11.6 Å². The first-order valence-corrected chi connectivity index (χ1v) is 6.73. The minimum atomic E-state index is -0.720. The van der Waals surface area contributed by atoms with E-state index in [1.54, 1.807) is 24.3 Å². The number of amides is 2. The summed E-state index contributed by atoms with van der Waals surface area (Å²) >= 11 is 5.83. The van der Waals surface area contributed by atoms with Gasteiger partial charge in [0.1, 0.15) is 12.6 Å². The summed E-state index contributed by atoms with van der Waals surface area (Å²) < 4.78 is 5.03. The second kappa shape index (κ2) is 7.75. The fourth-order valence-electron chi connectivity index (χ4n) is 1.68. The Morgan fingerprint density at radius 2 is 2.10 bits per heavy atom. The lowest BCUT2D eigenvalue weighted by Crippen LogP contribution is -2.45. The fourth-order valence-corrected chi connectivity index (χ4v) is 1.89. The lowest BCUT2D eigenvalue weighted by molar-refractivity contribution is -0.120. The molecule has 0 unspecified atom stereocenters. The molecule has 0 bridgehead atoms. The first-order valence-electron chi connectivity index (χ1n) is 6.35. The molecular weight excluding hydrogens is 280 g/mol. The first kappa shape index (κ1) is 16.3. The minimum absolute atomic E-state index is 0.0829. The molecule has 1 aromatic rings. The Morgan fingerprint density at radius 1 is 1.40 bits per heavy atom. The number of hydrogen-bond donors (Lipinski definition) is 2. The zero-order valence-corrected chi connectivity index (χ0v) is 12.3. The monoisotopic (exact) mass is 298 g/mol. The summed E-state index contributed by atoms with van der Waals surface area (Å²) in [5.41, 5.74) is 6.00. The van der Waals surface area contributed by atoms with E-state index in [0.29, 0.717) is 11.4 Å². The van der Waals surface area contributed by atoms with Gasteiger partial charge in [-0.05, 0) is 30.0 Å². The van der Waals surface area contributed by atoms with Gasteiger partial charge >= 0.3 is 6.09 Å². The molecule has 0 aromatic heterocycles. The van der Waals surface area contributed by atoms with Crippen LogP contribution in [0.1, 0.15) is 25.8 Å². The van der Waals surface area contributed by atoms with Gasteiger partial charge in [0.15, 0.2) is 0 Å². The second-order valence-corrected chi connectivity index (χ2v) is 5.37. The molecule has 6 heteroatoms. The quantitative estimate of drug-likeness (QED) is 0.846. The molecule has 0 aliphatic rings. The van der Waals surface area contributed by atoms with Crippen molar-refractivity contribution in [3.63, 3.8) is 0 Å². The van der Waals surface area contributed by atoms with Crippen molar-refractivity contribution in [3.05, 3.63) is 34.9 Å². The topological polar surface area (TPSA) is 81.4 Å². The van der Waals surface area contributed by atoms with E-state index in [1.165, 1.54) is 0 Å². The van der Waals surface area contributed by atoms with Crippen LogP contribution in [0.5, 0.6) is 0 Å². The summed E-state index contributed by atoms with van der Waals surface area (Å²) in [7, 11) is 0. The number of nitrogens with two attached hydrogens (primary N) is 1. The predicted octanol–water partition coefficient (Wildman–Crippen LogP) is 2.47. The molecule has 1 aromatic carbocycles. The number of ether oxygens (including phenoxy) is 1. The van der Waals surface area contributed by atoms with Gasteiger partial charge in [0.25, 0.3) is 0 Å². The number of carbonyl (C=O) groups is 2. The van der Waals surface area contributed by atoms with Gasteiger partial charge in [-0.25, -0.2) is 4.79 Å². The molecule has 110 valence electrons. The maximum Gasteiger partial charge on any atom is 0.408 e. The van der Waals surface area contributed by atoms with Gasteiger partial charge in [-0.15, -0.1) is 0 Å². The fraction of sp³-hybridized carbons (Fsp3) is 0.429. The molecule has 3 N–H and O–H groups in total. The molecule has 0 radical (unpaired) electrons.